The lowest BCUT2D eigenvalue weighted by Gasteiger charge is -2.25. The summed E-state index contributed by atoms with van der Waals surface area (Å²) >= 11 is 0. The van der Waals surface area contributed by atoms with Crippen LogP contribution >= 0.6 is 0 Å². The highest BCUT2D eigenvalue weighted by Gasteiger charge is 2.29. The molecular weight excluding hydrogens is 428 g/mol. The number of ether oxygens (including phenoxy) is 3. The number of hydrogen-bond acceptors (Lipinski definition) is 10. The summed E-state index contributed by atoms with van der Waals surface area (Å²) in [4.78, 5) is 20.5. The molecule has 33 heavy (non-hydrogen) atoms. The summed E-state index contributed by atoms with van der Waals surface area (Å²) < 4.78 is 17.3. The first kappa shape index (κ1) is 21.5. The molecule has 12 heteroatoms. The van der Waals surface area contributed by atoms with Gasteiger partial charge in [0.1, 0.15) is 35.3 Å². The highest BCUT2D eigenvalue weighted by Crippen LogP contribution is 2.27. The molecule has 0 aromatic heterocycles. The van der Waals surface area contributed by atoms with Gasteiger partial charge in [-0.3, -0.25) is 20.5 Å². The predicted octanol–water partition coefficient (Wildman–Crippen LogP) is 0.648. The number of nitrogens with two attached hydrogens (primary N) is 3. The van der Waals surface area contributed by atoms with Crippen molar-refractivity contribution in [2.75, 3.05) is 24.6 Å². The summed E-state index contributed by atoms with van der Waals surface area (Å²) in [5.41, 5.74) is 18.8. The minimum Gasteiger partial charge on any atom is -0.494 e. The number of amidine groups is 3. The number of nitrogen functional groups attached to an aromatic ring is 3. The minimum atomic E-state index is -0.327. The van der Waals surface area contributed by atoms with E-state index in [2.05, 4.69) is 20.6 Å². The topological polar surface area (TPSA) is 195 Å². The van der Waals surface area contributed by atoms with Gasteiger partial charge in [0.2, 0.25) is 5.91 Å². The van der Waals surface area contributed by atoms with Gasteiger partial charge in [-0.1, -0.05) is 0 Å². The molecule has 4 rings (SSSR count). The van der Waals surface area contributed by atoms with Gasteiger partial charge in [-0.2, -0.15) is 4.99 Å². The highest BCUT2D eigenvalue weighted by atomic mass is 16.5. The maximum atomic E-state index is 11.9. The van der Waals surface area contributed by atoms with E-state index in [1.54, 1.807) is 36.4 Å². The van der Waals surface area contributed by atoms with Crippen molar-refractivity contribution in [2.45, 2.75) is 6.92 Å². The average Bonchev–Trinajstić information content (AvgIpc) is 2.73. The van der Waals surface area contributed by atoms with Crippen LogP contribution in [0.1, 0.15) is 12.5 Å². The lowest BCUT2D eigenvalue weighted by atomic mass is 10.2. The Labute approximate surface area is 188 Å². The number of aliphatic imine (C=N–C) groups is 2. The zero-order chi connectivity index (χ0) is 23.5. The van der Waals surface area contributed by atoms with E-state index in [0.29, 0.717) is 40.9 Å². The van der Waals surface area contributed by atoms with Gasteiger partial charge in [0.25, 0.3) is 5.88 Å². The van der Waals surface area contributed by atoms with Crippen LogP contribution in [0, 0.1) is 5.41 Å². The number of carbonyl (C=O) groups excluding carboxylic acids is 1. The first-order chi connectivity index (χ1) is 15.8. The first-order valence-corrected chi connectivity index (χ1v) is 9.89. The summed E-state index contributed by atoms with van der Waals surface area (Å²) in [7, 11) is 0. The fraction of sp³-hybridized carbons (Fsp3) is 0.143. The number of amides is 1. The van der Waals surface area contributed by atoms with E-state index in [1.165, 1.54) is 0 Å². The van der Waals surface area contributed by atoms with Crippen LogP contribution in [-0.2, 0) is 4.79 Å². The van der Waals surface area contributed by atoms with Crippen LogP contribution < -0.4 is 42.0 Å². The van der Waals surface area contributed by atoms with Gasteiger partial charge in [-0.05, 0) is 25.1 Å². The fourth-order valence-electron chi connectivity index (χ4n) is 3.09. The van der Waals surface area contributed by atoms with Crippen molar-refractivity contribution in [3.05, 3.63) is 53.5 Å². The molecule has 170 valence electrons. The molecule has 0 radical (unpaired) electrons. The molecule has 2 heterocycles. The molecule has 0 saturated heterocycles. The number of fused-ring (bicyclic) bond motifs is 1. The van der Waals surface area contributed by atoms with E-state index in [0.717, 1.165) is 0 Å². The molecule has 9 N–H and O–H groups in total. The molecule has 0 atom stereocenters. The highest BCUT2D eigenvalue weighted by molar-refractivity contribution is 6.13. The Kier molecular flexibility index (Phi) is 5.72. The Morgan fingerprint density at radius 1 is 1.03 bits per heavy atom. The molecule has 2 aliphatic rings. The summed E-state index contributed by atoms with van der Waals surface area (Å²) in [5, 5.41) is 13.3. The van der Waals surface area contributed by atoms with E-state index in [-0.39, 0.29) is 41.6 Å². The summed E-state index contributed by atoms with van der Waals surface area (Å²) in [6.45, 7) is 2.16. The molecular formula is C21H22N8O4. The van der Waals surface area contributed by atoms with Crippen LogP contribution in [0.15, 0.2) is 58.0 Å². The van der Waals surface area contributed by atoms with Gasteiger partial charge in [0, 0.05) is 35.1 Å². The Morgan fingerprint density at radius 3 is 2.42 bits per heavy atom. The molecule has 0 fully saturated rings. The molecule has 0 unspecified atom stereocenters. The number of nitrogens with zero attached hydrogens (tertiary/aromatic N) is 2. The standard InChI is InChI=1S/C21H22N8O4/c1-2-31-13-3-10(18(24)25)4-14(8-13)32-20-17-19(26-9-16(30)27-17)28-21(29-20)33-15-6-11(22)5-12(23)7-15/h3-8H,2,9,22-23H2,1H3,(H3,24,25)(H,27,30)(H,26,28,29). The predicted molar refractivity (Wildman–Crippen MR) is 123 cm³/mol. The van der Waals surface area contributed by atoms with E-state index < -0.39 is 0 Å². The Morgan fingerprint density at radius 2 is 1.73 bits per heavy atom. The van der Waals surface area contributed by atoms with Crippen LogP contribution in [-0.4, -0.2) is 36.8 Å². The second-order valence-electron chi connectivity index (χ2n) is 7.01. The third-order valence-electron chi connectivity index (χ3n) is 4.41. The monoisotopic (exact) mass is 450 g/mol. The molecule has 12 nitrogen and oxygen atoms in total. The van der Waals surface area contributed by atoms with Crippen molar-refractivity contribution in [3.8, 4) is 17.2 Å². The van der Waals surface area contributed by atoms with Crippen LogP contribution in [0.5, 0.6) is 17.2 Å². The fourth-order valence-corrected chi connectivity index (χ4v) is 3.09. The third-order valence-corrected chi connectivity index (χ3v) is 4.41. The Hall–Kier alpha value is -4.74. The van der Waals surface area contributed by atoms with Gasteiger partial charge in [0.15, 0.2) is 5.84 Å². The van der Waals surface area contributed by atoms with Crippen LogP contribution in [0.2, 0.25) is 0 Å². The Balaban J connectivity index is 1.72. The summed E-state index contributed by atoms with van der Waals surface area (Å²) in [6, 6.07) is 9.56. The number of benzene rings is 2. The van der Waals surface area contributed by atoms with Gasteiger partial charge in [0.05, 0.1) is 6.61 Å². The van der Waals surface area contributed by atoms with Crippen molar-refractivity contribution >= 4 is 35.0 Å². The number of carbonyl (C=O) groups is 1. The maximum Gasteiger partial charge on any atom is 0.304 e. The minimum absolute atomic E-state index is 0.00979. The van der Waals surface area contributed by atoms with E-state index in [1.807, 2.05) is 6.92 Å². The second-order valence-corrected chi connectivity index (χ2v) is 7.01. The average molecular weight is 450 g/mol. The lowest BCUT2D eigenvalue weighted by molar-refractivity contribution is -0.119. The largest absolute Gasteiger partial charge is 0.494 e. The van der Waals surface area contributed by atoms with Crippen molar-refractivity contribution < 1.29 is 19.0 Å². The second kappa shape index (κ2) is 8.78. The molecule has 1 amide bonds. The van der Waals surface area contributed by atoms with Crippen molar-refractivity contribution in [1.29, 1.82) is 5.41 Å². The number of anilines is 2. The number of nitrogens with one attached hydrogen (secondary N) is 3. The van der Waals surface area contributed by atoms with Crippen LogP contribution in [0.4, 0.5) is 11.4 Å². The molecule has 0 saturated carbocycles. The van der Waals surface area contributed by atoms with E-state index in [4.69, 9.17) is 36.8 Å². The molecule has 2 aromatic carbocycles. The third kappa shape index (κ3) is 4.95. The summed E-state index contributed by atoms with van der Waals surface area (Å²) in [6.07, 6.45) is 0. The first-order valence-electron chi connectivity index (χ1n) is 9.89. The van der Waals surface area contributed by atoms with Gasteiger partial charge < -0.3 is 36.7 Å². The number of rotatable bonds is 6. The normalized spacial score (nSPS) is 14.9. The van der Waals surface area contributed by atoms with Gasteiger partial charge in [-0.15, -0.1) is 0 Å². The lowest BCUT2D eigenvalue weighted by Crippen LogP contribution is -2.48. The smallest absolute Gasteiger partial charge is 0.304 e. The van der Waals surface area contributed by atoms with Crippen LogP contribution in [0.3, 0.4) is 0 Å². The van der Waals surface area contributed by atoms with Crippen LogP contribution in [0.25, 0.3) is 0 Å². The summed E-state index contributed by atoms with van der Waals surface area (Å²) in [5.74, 6) is 0.911. The SMILES string of the molecule is CCOc1cc(OC2=C3NC(=O)CN=C3NC(Oc3cc(N)cc(N)c3)=N2)cc(C(=N)N)c1. The van der Waals surface area contributed by atoms with Crippen molar-refractivity contribution in [2.24, 2.45) is 15.7 Å². The molecule has 0 spiro atoms. The zero-order valence-electron chi connectivity index (χ0n) is 17.6. The molecule has 2 aromatic rings. The maximum absolute atomic E-state index is 11.9. The quantitative estimate of drug-likeness (QED) is 0.209. The molecule has 0 aliphatic carbocycles. The van der Waals surface area contributed by atoms with E-state index >= 15 is 0 Å². The Bertz CT molecular complexity index is 1210. The van der Waals surface area contributed by atoms with E-state index in [9.17, 15) is 4.79 Å². The zero-order valence-corrected chi connectivity index (χ0v) is 17.6. The molecule has 0 bridgehead atoms. The number of hydrogen-bond donors (Lipinski definition) is 6. The van der Waals surface area contributed by atoms with Gasteiger partial charge >= 0.3 is 6.02 Å². The molecule has 2 aliphatic heterocycles. The van der Waals surface area contributed by atoms with Gasteiger partial charge in [-0.25, -0.2) is 0 Å². The van der Waals surface area contributed by atoms with Crippen molar-refractivity contribution in [3.63, 3.8) is 0 Å². The van der Waals surface area contributed by atoms with Crippen molar-refractivity contribution in [1.82, 2.24) is 10.6 Å².